The van der Waals surface area contributed by atoms with E-state index in [0.717, 1.165) is 18.0 Å². The summed E-state index contributed by atoms with van der Waals surface area (Å²) in [6, 6.07) is 16.5. The molecule has 2 aromatic carbocycles. The second-order valence-electron chi connectivity index (χ2n) is 7.28. The zero-order chi connectivity index (χ0) is 18.6. The normalized spacial score (nSPS) is 14.6. The molecule has 5 heteroatoms. The number of benzene rings is 2. The summed E-state index contributed by atoms with van der Waals surface area (Å²) in [7, 11) is 3.82. The number of para-hydroxylation sites is 3. The number of ether oxygens (including phenoxy) is 2. The van der Waals surface area contributed by atoms with E-state index in [9.17, 15) is 0 Å². The summed E-state index contributed by atoms with van der Waals surface area (Å²) in [4.78, 5) is 2.58. The third-order valence-electron chi connectivity index (χ3n) is 5.61. The number of likely N-dealkylation sites (tertiary alicyclic amines) is 1. The Labute approximate surface area is 173 Å². The van der Waals surface area contributed by atoms with E-state index in [-0.39, 0.29) is 12.4 Å². The van der Waals surface area contributed by atoms with Crippen LogP contribution in [0, 0.1) is 0 Å². The zero-order valence-corrected chi connectivity index (χ0v) is 17.5. The Morgan fingerprint density at radius 1 is 0.893 bits per heavy atom. The Balaban J connectivity index is 0.00000225. The van der Waals surface area contributed by atoms with Crippen molar-refractivity contribution in [2.45, 2.75) is 32.4 Å². The van der Waals surface area contributed by atoms with Crippen molar-refractivity contribution in [3.05, 3.63) is 59.8 Å². The monoisotopic (exact) mass is 400 g/mol. The van der Waals surface area contributed by atoms with Crippen molar-refractivity contribution < 1.29 is 9.47 Å². The fraction of sp³-hybridized carbons (Fsp3) is 0.391. The van der Waals surface area contributed by atoms with Gasteiger partial charge in [0.25, 0.3) is 0 Å². The predicted octanol–water partition coefficient (Wildman–Crippen LogP) is 5.17. The highest BCUT2D eigenvalue weighted by Crippen LogP contribution is 2.31. The fourth-order valence-corrected chi connectivity index (χ4v) is 4.11. The molecule has 0 atom stereocenters. The lowest BCUT2D eigenvalue weighted by Crippen LogP contribution is -2.29. The van der Waals surface area contributed by atoms with Gasteiger partial charge in [0.15, 0.2) is 11.5 Å². The molecule has 4 rings (SSSR count). The van der Waals surface area contributed by atoms with Gasteiger partial charge in [-0.3, -0.25) is 4.90 Å². The quantitative estimate of drug-likeness (QED) is 0.570. The van der Waals surface area contributed by atoms with Crippen LogP contribution in [0.5, 0.6) is 11.5 Å². The molecule has 2 heterocycles. The number of piperidine rings is 1. The van der Waals surface area contributed by atoms with Crippen LogP contribution in [0.1, 0.15) is 30.5 Å². The maximum Gasteiger partial charge on any atom is 0.161 e. The first kappa shape index (κ1) is 20.6. The number of halogens is 1. The van der Waals surface area contributed by atoms with Gasteiger partial charge in [0.2, 0.25) is 0 Å². The molecule has 0 radical (unpaired) electrons. The Morgan fingerprint density at radius 2 is 1.57 bits per heavy atom. The zero-order valence-electron chi connectivity index (χ0n) is 16.7. The van der Waals surface area contributed by atoms with Crippen LogP contribution in [0.4, 0.5) is 0 Å². The van der Waals surface area contributed by atoms with Crippen molar-refractivity contribution in [2.24, 2.45) is 7.05 Å². The summed E-state index contributed by atoms with van der Waals surface area (Å²) in [5.74, 6) is 1.56. The molecule has 1 aliphatic rings. The Morgan fingerprint density at radius 3 is 2.32 bits per heavy atom. The number of aromatic nitrogens is 1. The highest BCUT2D eigenvalue weighted by molar-refractivity contribution is 5.86. The first-order valence-corrected chi connectivity index (χ1v) is 9.81. The van der Waals surface area contributed by atoms with Gasteiger partial charge in [0, 0.05) is 24.5 Å². The van der Waals surface area contributed by atoms with E-state index < -0.39 is 0 Å². The van der Waals surface area contributed by atoms with Crippen molar-refractivity contribution in [3.8, 4) is 11.5 Å². The summed E-state index contributed by atoms with van der Waals surface area (Å²) >= 11 is 0. The van der Waals surface area contributed by atoms with Gasteiger partial charge in [-0.2, -0.15) is 0 Å². The van der Waals surface area contributed by atoms with Crippen molar-refractivity contribution in [1.82, 2.24) is 9.47 Å². The number of rotatable bonds is 6. The molecule has 3 aromatic rings. The second-order valence-corrected chi connectivity index (χ2v) is 7.28. The fourth-order valence-electron chi connectivity index (χ4n) is 4.11. The summed E-state index contributed by atoms with van der Waals surface area (Å²) in [5.41, 5.74) is 3.90. The smallest absolute Gasteiger partial charge is 0.161 e. The lowest BCUT2D eigenvalue weighted by molar-refractivity contribution is 0.218. The average molecular weight is 401 g/mol. The molecule has 0 bridgehead atoms. The molecular weight excluding hydrogens is 372 g/mol. The van der Waals surface area contributed by atoms with E-state index in [1.165, 1.54) is 54.5 Å². The first-order valence-electron chi connectivity index (χ1n) is 9.81. The number of hydrogen-bond acceptors (Lipinski definition) is 3. The maximum absolute atomic E-state index is 6.19. The largest absolute Gasteiger partial charge is 0.493 e. The van der Waals surface area contributed by atoms with Crippen LogP contribution in [0.2, 0.25) is 0 Å². The molecule has 1 fully saturated rings. The third-order valence-corrected chi connectivity index (χ3v) is 5.61. The highest BCUT2D eigenvalue weighted by atomic mass is 35.5. The van der Waals surface area contributed by atoms with Gasteiger partial charge in [0.1, 0.15) is 6.61 Å². The summed E-state index contributed by atoms with van der Waals surface area (Å²) in [5, 5.41) is 1.34. The van der Waals surface area contributed by atoms with Crippen LogP contribution in [0.25, 0.3) is 10.9 Å². The van der Waals surface area contributed by atoms with Crippen molar-refractivity contribution in [1.29, 1.82) is 0 Å². The summed E-state index contributed by atoms with van der Waals surface area (Å²) in [6.07, 6.45) is 3.96. The molecule has 0 spiro atoms. The number of aryl methyl sites for hydroxylation is 1. The van der Waals surface area contributed by atoms with Crippen LogP contribution in [-0.2, 0) is 20.2 Å². The molecule has 150 valence electrons. The molecular formula is C23H29ClN2O2. The number of hydrogen-bond donors (Lipinski definition) is 0. The van der Waals surface area contributed by atoms with Crippen LogP contribution < -0.4 is 9.47 Å². The molecule has 0 amide bonds. The summed E-state index contributed by atoms with van der Waals surface area (Å²) < 4.78 is 13.9. The van der Waals surface area contributed by atoms with Crippen LogP contribution >= 0.6 is 12.4 Å². The standard InChI is InChI=1S/C23H28N2O2.ClH/c1-24-20-11-5-4-10-18(20)19(16-25-14-8-3-9-15-25)21(24)17-27-23-13-7-6-12-22(23)26-2;/h4-7,10-13H,3,8-9,14-17H2,1-2H3;1H. The Kier molecular flexibility index (Phi) is 6.87. The van der Waals surface area contributed by atoms with Crippen LogP contribution in [0.3, 0.4) is 0 Å². The van der Waals surface area contributed by atoms with Crippen LogP contribution in [-0.4, -0.2) is 29.7 Å². The van der Waals surface area contributed by atoms with Gasteiger partial charge >= 0.3 is 0 Å². The molecule has 4 nitrogen and oxygen atoms in total. The van der Waals surface area contributed by atoms with Crippen molar-refractivity contribution >= 4 is 23.3 Å². The molecule has 0 saturated carbocycles. The molecule has 1 saturated heterocycles. The number of methoxy groups -OCH3 is 1. The summed E-state index contributed by atoms with van der Waals surface area (Å²) in [6.45, 7) is 3.91. The lowest BCUT2D eigenvalue weighted by Gasteiger charge is -2.26. The van der Waals surface area contributed by atoms with Crippen molar-refractivity contribution in [3.63, 3.8) is 0 Å². The van der Waals surface area contributed by atoms with Gasteiger partial charge in [0.05, 0.1) is 12.8 Å². The molecule has 0 unspecified atom stereocenters. The molecule has 0 aliphatic carbocycles. The van der Waals surface area contributed by atoms with Gasteiger partial charge in [-0.15, -0.1) is 12.4 Å². The second kappa shape index (κ2) is 9.35. The Bertz CT molecular complexity index is 916. The van der Waals surface area contributed by atoms with Gasteiger partial charge < -0.3 is 14.0 Å². The third kappa shape index (κ3) is 4.13. The molecule has 1 aliphatic heterocycles. The predicted molar refractivity (Wildman–Crippen MR) is 117 cm³/mol. The molecule has 28 heavy (non-hydrogen) atoms. The van der Waals surface area contributed by atoms with E-state index in [0.29, 0.717) is 6.61 Å². The van der Waals surface area contributed by atoms with E-state index >= 15 is 0 Å². The van der Waals surface area contributed by atoms with E-state index in [1.54, 1.807) is 7.11 Å². The number of fused-ring (bicyclic) bond motifs is 1. The van der Waals surface area contributed by atoms with Gasteiger partial charge in [-0.05, 0) is 49.7 Å². The minimum atomic E-state index is 0. The highest BCUT2D eigenvalue weighted by Gasteiger charge is 2.19. The average Bonchev–Trinajstić information content (AvgIpc) is 2.99. The minimum absolute atomic E-state index is 0. The minimum Gasteiger partial charge on any atom is -0.493 e. The first-order chi connectivity index (χ1) is 13.3. The lowest BCUT2D eigenvalue weighted by atomic mass is 10.1. The number of nitrogens with zero attached hydrogens (tertiary/aromatic N) is 2. The molecule has 0 N–H and O–H groups in total. The van der Waals surface area contributed by atoms with E-state index in [2.05, 4.69) is 40.8 Å². The SMILES string of the molecule is COc1ccccc1OCc1c(CN2CCCCC2)c2ccccc2n1C.Cl. The Hall–Kier alpha value is -2.17. The molecule has 1 aromatic heterocycles. The van der Waals surface area contributed by atoms with E-state index in [1.807, 2.05) is 24.3 Å². The topological polar surface area (TPSA) is 26.6 Å². The van der Waals surface area contributed by atoms with Crippen molar-refractivity contribution in [2.75, 3.05) is 20.2 Å². The van der Waals surface area contributed by atoms with Crippen LogP contribution in [0.15, 0.2) is 48.5 Å². The van der Waals surface area contributed by atoms with E-state index in [4.69, 9.17) is 9.47 Å². The van der Waals surface area contributed by atoms with Gasteiger partial charge in [-0.25, -0.2) is 0 Å². The van der Waals surface area contributed by atoms with Gasteiger partial charge in [-0.1, -0.05) is 36.8 Å². The maximum atomic E-state index is 6.19.